The van der Waals surface area contributed by atoms with Crippen LogP contribution in [0.25, 0.3) is 0 Å². The molecule has 0 saturated carbocycles. The van der Waals surface area contributed by atoms with Crippen molar-refractivity contribution >= 4 is 0 Å². The Morgan fingerprint density at radius 3 is 2.92 bits per heavy atom. The van der Waals surface area contributed by atoms with Gasteiger partial charge in [-0.15, -0.1) is 0 Å². The van der Waals surface area contributed by atoms with E-state index in [4.69, 9.17) is 10.5 Å². The van der Waals surface area contributed by atoms with Crippen LogP contribution in [0.5, 0.6) is 0 Å². The van der Waals surface area contributed by atoms with Gasteiger partial charge in [-0.05, 0) is 12.8 Å². The van der Waals surface area contributed by atoms with E-state index in [0.717, 1.165) is 26.3 Å². The van der Waals surface area contributed by atoms with Crippen LogP contribution in [0.3, 0.4) is 0 Å². The Hall–Kier alpha value is -0.720. The predicted molar refractivity (Wildman–Crippen MR) is 46.3 cm³/mol. The van der Waals surface area contributed by atoms with Crippen molar-refractivity contribution in [1.82, 2.24) is 4.90 Å². The zero-order chi connectivity index (χ0) is 8.44. The third-order valence-corrected chi connectivity index (χ3v) is 2.97. The van der Waals surface area contributed by atoms with E-state index in [9.17, 15) is 0 Å². The van der Waals surface area contributed by atoms with Crippen molar-refractivity contribution in [2.24, 2.45) is 5.73 Å². The van der Waals surface area contributed by atoms with Crippen molar-refractivity contribution in [3.05, 3.63) is 0 Å². The lowest BCUT2D eigenvalue weighted by molar-refractivity contribution is -0.00907. The predicted octanol–water partition coefficient (Wildman–Crippen LogP) is -0.229. The highest BCUT2D eigenvalue weighted by atomic mass is 16.5. The maximum absolute atomic E-state index is 5.39. The summed E-state index contributed by atoms with van der Waals surface area (Å²) in [6.07, 6.45) is 2.43. The Balaban J connectivity index is 1.94. The monoisotopic (exact) mass is 166 g/mol. The number of hydrogen-bond donors (Lipinski definition) is 1. The Morgan fingerprint density at radius 1 is 1.50 bits per heavy atom. The van der Waals surface area contributed by atoms with Crippen LogP contribution < -0.4 is 5.73 Å². The van der Waals surface area contributed by atoms with E-state index in [1.54, 1.807) is 0 Å². The summed E-state index contributed by atoms with van der Waals surface area (Å²) < 4.78 is 5.39. The zero-order valence-corrected chi connectivity index (χ0v) is 7.18. The van der Waals surface area contributed by atoms with Crippen molar-refractivity contribution in [2.75, 3.05) is 26.3 Å². The quantitative estimate of drug-likeness (QED) is 0.432. The second-order valence-electron chi connectivity index (χ2n) is 3.52. The van der Waals surface area contributed by atoms with E-state index >= 15 is 0 Å². The molecule has 2 saturated heterocycles. The molecule has 0 aliphatic carbocycles. The molecule has 2 aliphatic rings. The third-order valence-electron chi connectivity index (χ3n) is 2.97. The first-order valence-electron chi connectivity index (χ1n) is 4.39. The molecule has 0 aromatic heterocycles. The molecule has 0 radical (unpaired) electrons. The van der Waals surface area contributed by atoms with Crippen molar-refractivity contribution in [2.45, 2.75) is 18.4 Å². The molecule has 2 aliphatic heterocycles. The summed E-state index contributed by atoms with van der Waals surface area (Å²) >= 11 is 0. The number of nitrogens with zero attached hydrogens (tertiary/aromatic N) is 1. The first-order valence-corrected chi connectivity index (χ1v) is 4.39. The van der Waals surface area contributed by atoms with Crippen molar-refractivity contribution in [1.29, 1.82) is 0 Å². The highest BCUT2D eigenvalue weighted by molar-refractivity contribution is 5.07. The van der Waals surface area contributed by atoms with Gasteiger partial charge in [-0.3, -0.25) is 4.90 Å². The average molecular weight is 166 g/mol. The Labute approximate surface area is 72.9 Å². The molecule has 1 spiro atoms. The van der Waals surface area contributed by atoms with Crippen LogP contribution in [-0.2, 0) is 4.74 Å². The molecule has 2 rings (SSSR count). The van der Waals surface area contributed by atoms with Crippen LogP contribution in [0, 0.1) is 12.0 Å². The standard InChI is InChI=1S/C9H14N2O/c10-4-1-5-11-6-2-9(11)3-7-12-8-9/h2-3,5-8,10H2. The maximum atomic E-state index is 5.39. The van der Waals surface area contributed by atoms with E-state index < -0.39 is 0 Å². The van der Waals surface area contributed by atoms with Crippen molar-refractivity contribution < 1.29 is 4.74 Å². The average Bonchev–Trinajstić information content (AvgIpc) is 2.53. The summed E-state index contributed by atoms with van der Waals surface area (Å²) in [4.78, 5) is 2.37. The summed E-state index contributed by atoms with van der Waals surface area (Å²) in [5, 5.41) is 0. The van der Waals surface area contributed by atoms with Crippen LogP contribution in [0.4, 0.5) is 0 Å². The van der Waals surface area contributed by atoms with E-state index in [1.165, 1.54) is 12.8 Å². The number of likely N-dealkylation sites (tertiary alicyclic amines) is 1. The van der Waals surface area contributed by atoms with E-state index in [-0.39, 0.29) is 0 Å². The fraction of sp³-hybridized carbons (Fsp3) is 0.778. The van der Waals surface area contributed by atoms with E-state index in [0.29, 0.717) is 5.54 Å². The smallest absolute Gasteiger partial charge is 0.0652 e. The molecule has 0 amide bonds. The van der Waals surface area contributed by atoms with Crippen LogP contribution in [0.15, 0.2) is 0 Å². The van der Waals surface area contributed by atoms with Gasteiger partial charge >= 0.3 is 0 Å². The van der Waals surface area contributed by atoms with Gasteiger partial charge < -0.3 is 10.5 Å². The molecule has 1 atom stereocenters. The molecule has 66 valence electrons. The lowest BCUT2D eigenvalue weighted by Gasteiger charge is -2.48. The molecule has 2 fully saturated rings. The molecule has 2 heterocycles. The van der Waals surface area contributed by atoms with Crippen LogP contribution in [0.2, 0.25) is 0 Å². The van der Waals surface area contributed by atoms with Gasteiger partial charge in [0.25, 0.3) is 0 Å². The normalized spacial score (nSPS) is 34.3. The van der Waals surface area contributed by atoms with Crippen molar-refractivity contribution in [3.63, 3.8) is 0 Å². The molecule has 3 nitrogen and oxygen atoms in total. The first-order chi connectivity index (χ1) is 5.87. The second kappa shape index (κ2) is 2.96. The minimum absolute atomic E-state index is 0.337. The molecule has 3 heteroatoms. The largest absolute Gasteiger partial charge is 0.379 e. The van der Waals surface area contributed by atoms with Gasteiger partial charge in [-0.25, -0.2) is 0 Å². The van der Waals surface area contributed by atoms with Gasteiger partial charge in [-0.2, -0.15) is 0 Å². The number of nitrogens with two attached hydrogens (primary N) is 1. The zero-order valence-electron chi connectivity index (χ0n) is 7.18. The summed E-state index contributed by atoms with van der Waals surface area (Å²) in [6, 6.07) is 2.44. The molecule has 12 heavy (non-hydrogen) atoms. The lowest BCUT2D eigenvalue weighted by atomic mass is 9.84. The Kier molecular flexibility index (Phi) is 1.95. The highest BCUT2D eigenvalue weighted by Gasteiger charge is 2.46. The molecule has 0 aromatic carbocycles. The minimum atomic E-state index is 0.337. The fourth-order valence-corrected chi connectivity index (χ4v) is 2.02. The number of hydrogen-bond acceptors (Lipinski definition) is 3. The highest BCUT2D eigenvalue weighted by Crippen LogP contribution is 2.37. The lowest BCUT2D eigenvalue weighted by Crippen LogP contribution is -2.60. The topological polar surface area (TPSA) is 38.5 Å². The van der Waals surface area contributed by atoms with Crippen LogP contribution >= 0.6 is 0 Å². The first kappa shape index (κ1) is 7.90. The van der Waals surface area contributed by atoms with Crippen LogP contribution in [0.1, 0.15) is 12.8 Å². The molecule has 0 aromatic rings. The van der Waals surface area contributed by atoms with E-state index in [1.807, 2.05) is 0 Å². The SMILES string of the molecule is NC#CCN1CCC12CCOC2. The Bertz CT molecular complexity index is 222. The second-order valence-corrected chi connectivity index (χ2v) is 3.52. The number of rotatable bonds is 1. The summed E-state index contributed by atoms with van der Waals surface area (Å²) in [5.74, 6) is 2.90. The molecule has 2 N–H and O–H groups in total. The van der Waals surface area contributed by atoms with Gasteiger partial charge in [0.1, 0.15) is 0 Å². The molecule has 1 unspecified atom stereocenters. The van der Waals surface area contributed by atoms with Crippen LogP contribution in [-0.4, -0.2) is 36.7 Å². The van der Waals surface area contributed by atoms with Gasteiger partial charge in [0.15, 0.2) is 0 Å². The minimum Gasteiger partial charge on any atom is -0.379 e. The summed E-state index contributed by atoms with van der Waals surface area (Å²) in [7, 11) is 0. The van der Waals surface area contributed by atoms with Gasteiger partial charge in [-0.1, -0.05) is 5.92 Å². The van der Waals surface area contributed by atoms with Gasteiger partial charge in [0.2, 0.25) is 0 Å². The van der Waals surface area contributed by atoms with Gasteiger partial charge in [0.05, 0.1) is 13.2 Å². The third kappa shape index (κ3) is 1.08. The summed E-state index contributed by atoms with van der Waals surface area (Å²) in [6.45, 7) is 3.75. The van der Waals surface area contributed by atoms with Gasteiger partial charge in [0, 0.05) is 24.7 Å². The molecule has 0 bridgehead atoms. The number of ether oxygens (including phenoxy) is 1. The van der Waals surface area contributed by atoms with Crippen molar-refractivity contribution in [3.8, 4) is 12.0 Å². The molecular weight excluding hydrogens is 152 g/mol. The Morgan fingerprint density at radius 2 is 2.42 bits per heavy atom. The fourth-order valence-electron chi connectivity index (χ4n) is 2.02. The maximum Gasteiger partial charge on any atom is 0.0652 e. The van der Waals surface area contributed by atoms with E-state index in [2.05, 4.69) is 16.9 Å². The molecular formula is C9H14N2O. The summed E-state index contributed by atoms with van der Waals surface area (Å²) in [5.41, 5.74) is 5.46.